The lowest BCUT2D eigenvalue weighted by atomic mass is 9.82. The van der Waals surface area contributed by atoms with Crippen LogP contribution in [0.4, 0.5) is 0 Å². The third-order valence-electron chi connectivity index (χ3n) is 5.20. The van der Waals surface area contributed by atoms with Gasteiger partial charge in [0.15, 0.2) is 5.79 Å². The lowest BCUT2D eigenvalue weighted by Gasteiger charge is -2.39. The minimum atomic E-state index is -0.276. The third-order valence-corrected chi connectivity index (χ3v) is 5.20. The molecule has 2 unspecified atom stereocenters. The number of ether oxygens (including phenoxy) is 2. The van der Waals surface area contributed by atoms with Gasteiger partial charge in [-0.3, -0.25) is 0 Å². The van der Waals surface area contributed by atoms with E-state index in [4.69, 9.17) is 9.47 Å². The minimum absolute atomic E-state index is 0.126. The highest BCUT2D eigenvalue weighted by Gasteiger charge is 2.52. The summed E-state index contributed by atoms with van der Waals surface area (Å²) in [5.74, 6) is 1.02. The van der Waals surface area contributed by atoms with Gasteiger partial charge in [-0.05, 0) is 31.6 Å². The van der Waals surface area contributed by atoms with Crippen molar-refractivity contribution in [3.8, 4) is 0 Å². The van der Waals surface area contributed by atoms with Crippen LogP contribution in [-0.2, 0) is 9.47 Å². The summed E-state index contributed by atoms with van der Waals surface area (Å²) in [4.78, 5) is 0. The molecule has 0 aromatic rings. The number of rotatable bonds is 5. The Balaban J connectivity index is 2.06. The molecule has 0 bridgehead atoms. The highest BCUT2D eigenvalue weighted by atomic mass is 16.8. The van der Waals surface area contributed by atoms with Gasteiger partial charge in [0.1, 0.15) is 0 Å². The van der Waals surface area contributed by atoms with Crippen molar-refractivity contribution in [2.75, 3.05) is 6.61 Å². The van der Waals surface area contributed by atoms with Crippen molar-refractivity contribution in [3.63, 3.8) is 0 Å². The molecule has 4 atom stereocenters. The minimum Gasteiger partial charge on any atom is -0.347 e. The summed E-state index contributed by atoms with van der Waals surface area (Å²) in [5.41, 5.74) is -0.126. The van der Waals surface area contributed by atoms with Crippen LogP contribution in [0.2, 0.25) is 0 Å². The van der Waals surface area contributed by atoms with Gasteiger partial charge in [0.25, 0.3) is 0 Å². The SMILES string of the molecule is C=CCC(CC)[C@@]1(C)CO[C@@]2(CCCC(CC)C2)O1. The van der Waals surface area contributed by atoms with Crippen LogP contribution < -0.4 is 0 Å². The molecule has 1 aliphatic heterocycles. The highest BCUT2D eigenvalue weighted by molar-refractivity contribution is 4.96. The molecule has 2 aliphatic rings. The van der Waals surface area contributed by atoms with E-state index in [9.17, 15) is 0 Å². The number of allylic oxidation sites excluding steroid dienone is 1. The van der Waals surface area contributed by atoms with Gasteiger partial charge in [-0.2, -0.15) is 0 Å². The number of hydrogen-bond acceptors (Lipinski definition) is 2. The molecule has 0 aromatic heterocycles. The number of hydrogen-bond donors (Lipinski definition) is 0. The van der Waals surface area contributed by atoms with Crippen LogP contribution in [0.15, 0.2) is 12.7 Å². The normalized spacial score (nSPS) is 40.5. The van der Waals surface area contributed by atoms with Crippen molar-refractivity contribution in [2.24, 2.45) is 11.8 Å². The Labute approximate surface area is 118 Å². The second-order valence-electron chi connectivity index (χ2n) is 6.61. The molecule has 0 radical (unpaired) electrons. The van der Waals surface area contributed by atoms with E-state index in [0.717, 1.165) is 38.2 Å². The summed E-state index contributed by atoms with van der Waals surface area (Å²) in [6.07, 6.45) is 10.1. The average molecular weight is 266 g/mol. The first-order valence-electron chi connectivity index (χ1n) is 8.02. The van der Waals surface area contributed by atoms with Crippen molar-refractivity contribution in [1.29, 1.82) is 0 Å². The molecule has 1 saturated heterocycles. The zero-order chi connectivity index (χ0) is 13.9. The van der Waals surface area contributed by atoms with Crippen LogP contribution in [0.5, 0.6) is 0 Å². The van der Waals surface area contributed by atoms with E-state index in [-0.39, 0.29) is 11.4 Å². The Kier molecular flexibility index (Phi) is 4.73. The average Bonchev–Trinajstić information content (AvgIpc) is 2.74. The molecule has 19 heavy (non-hydrogen) atoms. The molecular formula is C17H30O2. The largest absolute Gasteiger partial charge is 0.347 e. The van der Waals surface area contributed by atoms with E-state index in [0.29, 0.717) is 5.92 Å². The summed E-state index contributed by atoms with van der Waals surface area (Å²) in [5, 5.41) is 0. The predicted molar refractivity (Wildman–Crippen MR) is 79.0 cm³/mol. The molecule has 2 rings (SSSR count). The van der Waals surface area contributed by atoms with Crippen molar-refractivity contribution in [3.05, 3.63) is 12.7 Å². The predicted octanol–water partition coefficient (Wildman–Crippen LogP) is 4.69. The quantitative estimate of drug-likeness (QED) is 0.672. The Morgan fingerprint density at radius 2 is 2.21 bits per heavy atom. The molecule has 1 spiro atoms. The van der Waals surface area contributed by atoms with E-state index in [1.165, 1.54) is 19.3 Å². The van der Waals surface area contributed by atoms with Gasteiger partial charge in [-0.25, -0.2) is 0 Å². The zero-order valence-electron chi connectivity index (χ0n) is 12.9. The van der Waals surface area contributed by atoms with E-state index >= 15 is 0 Å². The van der Waals surface area contributed by atoms with Crippen LogP contribution in [0.3, 0.4) is 0 Å². The summed E-state index contributed by atoms with van der Waals surface area (Å²) >= 11 is 0. The fraction of sp³-hybridized carbons (Fsp3) is 0.882. The first-order chi connectivity index (χ1) is 9.07. The summed E-state index contributed by atoms with van der Waals surface area (Å²) in [7, 11) is 0. The fourth-order valence-corrected chi connectivity index (χ4v) is 3.89. The van der Waals surface area contributed by atoms with Gasteiger partial charge < -0.3 is 9.47 Å². The summed E-state index contributed by atoms with van der Waals surface area (Å²) in [6, 6.07) is 0. The maximum absolute atomic E-state index is 6.55. The molecule has 110 valence electrons. The molecule has 2 nitrogen and oxygen atoms in total. The second-order valence-corrected chi connectivity index (χ2v) is 6.61. The van der Waals surface area contributed by atoms with E-state index in [1.54, 1.807) is 0 Å². The van der Waals surface area contributed by atoms with Gasteiger partial charge in [0, 0.05) is 12.8 Å². The van der Waals surface area contributed by atoms with Gasteiger partial charge in [0.05, 0.1) is 12.2 Å². The Bertz CT molecular complexity index is 314. The zero-order valence-corrected chi connectivity index (χ0v) is 12.9. The van der Waals surface area contributed by atoms with Gasteiger partial charge in [-0.15, -0.1) is 6.58 Å². The fourth-order valence-electron chi connectivity index (χ4n) is 3.89. The summed E-state index contributed by atoms with van der Waals surface area (Å²) in [6.45, 7) is 11.4. The van der Waals surface area contributed by atoms with E-state index < -0.39 is 0 Å². The van der Waals surface area contributed by atoms with Crippen LogP contribution >= 0.6 is 0 Å². The van der Waals surface area contributed by atoms with Crippen molar-refractivity contribution >= 4 is 0 Å². The molecule has 0 aromatic carbocycles. The van der Waals surface area contributed by atoms with Gasteiger partial charge >= 0.3 is 0 Å². The molecule has 2 heteroatoms. The Hall–Kier alpha value is -0.340. The van der Waals surface area contributed by atoms with E-state index in [2.05, 4.69) is 27.4 Å². The molecule has 2 fully saturated rings. The van der Waals surface area contributed by atoms with Crippen molar-refractivity contribution in [1.82, 2.24) is 0 Å². The Morgan fingerprint density at radius 3 is 2.84 bits per heavy atom. The smallest absolute Gasteiger partial charge is 0.169 e. The molecule has 1 saturated carbocycles. The highest BCUT2D eigenvalue weighted by Crippen LogP contribution is 2.47. The lowest BCUT2D eigenvalue weighted by molar-refractivity contribution is -0.218. The molecular weight excluding hydrogens is 236 g/mol. The molecule has 0 amide bonds. The second kappa shape index (κ2) is 5.97. The summed E-state index contributed by atoms with van der Waals surface area (Å²) < 4.78 is 12.7. The monoisotopic (exact) mass is 266 g/mol. The first-order valence-corrected chi connectivity index (χ1v) is 8.02. The lowest BCUT2D eigenvalue weighted by Crippen LogP contribution is -2.42. The van der Waals surface area contributed by atoms with Crippen LogP contribution in [0.25, 0.3) is 0 Å². The van der Waals surface area contributed by atoms with Crippen LogP contribution in [0, 0.1) is 11.8 Å². The van der Waals surface area contributed by atoms with Crippen molar-refractivity contribution < 1.29 is 9.47 Å². The van der Waals surface area contributed by atoms with Crippen LogP contribution in [0.1, 0.15) is 65.7 Å². The topological polar surface area (TPSA) is 18.5 Å². The third kappa shape index (κ3) is 3.05. The Morgan fingerprint density at radius 1 is 1.42 bits per heavy atom. The van der Waals surface area contributed by atoms with Crippen LogP contribution in [-0.4, -0.2) is 18.0 Å². The first kappa shape index (κ1) is 15.1. The van der Waals surface area contributed by atoms with E-state index in [1.807, 2.05) is 6.08 Å². The maximum Gasteiger partial charge on any atom is 0.169 e. The molecule has 0 N–H and O–H groups in total. The maximum atomic E-state index is 6.55. The standard InChI is InChI=1S/C17H30O2/c1-5-9-15(7-3)16(4)13-18-17(19-16)11-8-10-14(6-2)12-17/h5,14-15H,1,6-13H2,2-4H3/t14?,15?,16-,17+/m1/s1. The van der Waals surface area contributed by atoms with Gasteiger partial charge in [0.2, 0.25) is 0 Å². The van der Waals surface area contributed by atoms with Crippen molar-refractivity contribution in [2.45, 2.75) is 77.1 Å². The van der Waals surface area contributed by atoms with Gasteiger partial charge in [-0.1, -0.05) is 39.2 Å². The molecule has 1 aliphatic carbocycles. The molecule has 1 heterocycles.